The molecule has 1 heterocycles. The highest BCUT2D eigenvalue weighted by Gasteiger charge is 2.48. The van der Waals surface area contributed by atoms with Crippen LogP contribution in [0.5, 0.6) is 0 Å². The zero-order valence-corrected chi connectivity index (χ0v) is 6.16. The van der Waals surface area contributed by atoms with Crippen LogP contribution < -0.4 is 0 Å². The van der Waals surface area contributed by atoms with Crippen molar-refractivity contribution in [3.63, 3.8) is 0 Å². The molecule has 5 nitrogen and oxygen atoms in total. The van der Waals surface area contributed by atoms with E-state index in [1.807, 2.05) is 0 Å². The lowest BCUT2D eigenvalue weighted by Gasteiger charge is -2.17. The average Bonchev–Trinajstić information content (AvgIpc) is 2.04. The minimum Gasteiger partial charge on any atom is -0.478 e. The summed E-state index contributed by atoms with van der Waals surface area (Å²) in [6.07, 6.45) is -2.13. The van der Waals surface area contributed by atoms with Crippen LogP contribution in [0.25, 0.3) is 0 Å². The zero-order valence-electron chi connectivity index (χ0n) is 6.16. The predicted octanol–water partition coefficient (Wildman–Crippen LogP) is 0.385. The summed E-state index contributed by atoms with van der Waals surface area (Å²) in [6.45, 7) is 2.97. The van der Waals surface area contributed by atoms with E-state index >= 15 is 0 Å². The third-order valence-corrected chi connectivity index (χ3v) is 1.42. The zero-order chi connectivity index (χ0) is 8.65. The van der Waals surface area contributed by atoms with Crippen molar-refractivity contribution < 1.29 is 24.2 Å². The maximum atomic E-state index is 10.5. The molecule has 0 saturated carbocycles. The molecule has 0 amide bonds. The first-order valence-electron chi connectivity index (χ1n) is 3.06. The summed E-state index contributed by atoms with van der Waals surface area (Å²) in [5.74, 6) is -1.19. The average molecular weight is 160 g/mol. The van der Waals surface area contributed by atoms with E-state index in [0.29, 0.717) is 0 Å². The maximum absolute atomic E-state index is 10.5. The molecule has 1 N–H and O–H groups in total. The van der Waals surface area contributed by atoms with Gasteiger partial charge in [-0.3, -0.25) is 0 Å². The van der Waals surface area contributed by atoms with Gasteiger partial charge in [-0.15, -0.1) is 0 Å². The van der Waals surface area contributed by atoms with E-state index in [1.165, 1.54) is 13.8 Å². The first-order chi connectivity index (χ1) is 4.93. The molecule has 1 aliphatic heterocycles. The molecule has 62 valence electrons. The Morgan fingerprint density at radius 2 is 2.18 bits per heavy atom. The molecule has 0 bridgehead atoms. The molecular formula is C6H8O5. The van der Waals surface area contributed by atoms with Crippen LogP contribution in [0.15, 0.2) is 0 Å². The Morgan fingerprint density at radius 1 is 1.64 bits per heavy atom. The van der Waals surface area contributed by atoms with E-state index in [2.05, 4.69) is 9.47 Å². The van der Waals surface area contributed by atoms with Crippen LogP contribution in [-0.4, -0.2) is 28.9 Å². The second kappa shape index (κ2) is 2.11. The highest BCUT2D eigenvalue weighted by molar-refractivity contribution is 5.79. The number of cyclic esters (lactones) is 2. The van der Waals surface area contributed by atoms with Crippen molar-refractivity contribution in [3.05, 3.63) is 0 Å². The lowest BCUT2D eigenvalue weighted by atomic mass is 10.0. The third-order valence-electron chi connectivity index (χ3n) is 1.42. The minimum atomic E-state index is -1.20. The molecule has 0 aliphatic carbocycles. The molecule has 0 aromatic heterocycles. The van der Waals surface area contributed by atoms with E-state index in [4.69, 9.17) is 5.11 Å². The number of carboxylic acid groups (broad SMARTS) is 1. The fraction of sp³-hybridized carbons (Fsp3) is 0.667. The van der Waals surface area contributed by atoms with Crippen molar-refractivity contribution in [2.75, 3.05) is 0 Å². The first-order valence-corrected chi connectivity index (χ1v) is 3.06. The second-order valence-corrected chi connectivity index (χ2v) is 2.79. The van der Waals surface area contributed by atoms with Gasteiger partial charge in [-0.1, -0.05) is 0 Å². The minimum absolute atomic E-state index is 0.928. The topological polar surface area (TPSA) is 72.8 Å². The van der Waals surface area contributed by atoms with Crippen LogP contribution >= 0.6 is 0 Å². The van der Waals surface area contributed by atoms with Gasteiger partial charge in [-0.05, 0) is 13.8 Å². The highest BCUT2D eigenvalue weighted by atomic mass is 16.8. The number of rotatable bonds is 1. The van der Waals surface area contributed by atoms with Crippen molar-refractivity contribution in [2.45, 2.75) is 25.6 Å². The van der Waals surface area contributed by atoms with Gasteiger partial charge < -0.3 is 14.6 Å². The fourth-order valence-corrected chi connectivity index (χ4v) is 0.878. The Bertz CT molecular complexity index is 207. The number of ether oxygens (including phenoxy) is 2. The van der Waals surface area contributed by atoms with Gasteiger partial charge in [0.1, 0.15) is 0 Å². The van der Waals surface area contributed by atoms with Gasteiger partial charge in [-0.25, -0.2) is 9.59 Å². The Kier molecular flexibility index (Phi) is 1.51. The quantitative estimate of drug-likeness (QED) is 0.561. The summed E-state index contributed by atoms with van der Waals surface area (Å²) in [6, 6.07) is 0. The monoisotopic (exact) mass is 160 g/mol. The molecular weight excluding hydrogens is 152 g/mol. The van der Waals surface area contributed by atoms with Gasteiger partial charge in [-0.2, -0.15) is 0 Å². The van der Waals surface area contributed by atoms with Crippen LogP contribution in [0.3, 0.4) is 0 Å². The lowest BCUT2D eigenvalue weighted by Crippen LogP contribution is -2.39. The fourth-order valence-electron chi connectivity index (χ4n) is 0.878. The van der Waals surface area contributed by atoms with Gasteiger partial charge in [0.15, 0.2) is 5.60 Å². The number of hydrogen-bond donors (Lipinski definition) is 1. The van der Waals surface area contributed by atoms with Crippen LogP contribution in [0.1, 0.15) is 13.8 Å². The molecule has 11 heavy (non-hydrogen) atoms. The van der Waals surface area contributed by atoms with Gasteiger partial charge >= 0.3 is 12.1 Å². The molecule has 5 heteroatoms. The summed E-state index contributed by atoms with van der Waals surface area (Å²) in [4.78, 5) is 20.9. The van der Waals surface area contributed by atoms with Crippen LogP contribution in [0, 0.1) is 0 Å². The standard InChI is InChI=1S/C6H8O5/c1-6(2)3(4(7)8)10-5(9)11-6/h3H,1-2H3,(H,7,8). The van der Waals surface area contributed by atoms with E-state index in [9.17, 15) is 9.59 Å². The van der Waals surface area contributed by atoms with Crippen molar-refractivity contribution >= 4 is 12.1 Å². The molecule has 1 saturated heterocycles. The normalized spacial score (nSPS) is 27.5. The number of hydrogen-bond acceptors (Lipinski definition) is 4. The predicted molar refractivity (Wildman–Crippen MR) is 33.1 cm³/mol. The summed E-state index contributed by atoms with van der Waals surface area (Å²) in [7, 11) is 0. The SMILES string of the molecule is CC1(C)OC(=O)OC1C(=O)O. The highest BCUT2D eigenvalue weighted by Crippen LogP contribution is 2.26. The van der Waals surface area contributed by atoms with Gasteiger partial charge in [0, 0.05) is 0 Å². The van der Waals surface area contributed by atoms with E-state index in [1.54, 1.807) is 0 Å². The number of aliphatic carboxylic acids is 1. The Hall–Kier alpha value is -1.26. The van der Waals surface area contributed by atoms with Crippen LogP contribution in [0.2, 0.25) is 0 Å². The molecule has 1 aliphatic rings. The molecule has 0 radical (unpaired) electrons. The van der Waals surface area contributed by atoms with Crippen molar-refractivity contribution in [2.24, 2.45) is 0 Å². The molecule has 0 aromatic rings. The smallest absolute Gasteiger partial charge is 0.478 e. The molecule has 0 aromatic carbocycles. The van der Waals surface area contributed by atoms with Crippen molar-refractivity contribution in [1.29, 1.82) is 0 Å². The van der Waals surface area contributed by atoms with Crippen LogP contribution in [-0.2, 0) is 14.3 Å². The molecule has 0 spiro atoms. The number of carbonyl (C=O) groups is 2. The maximum Gasteiger partial charge on any atom is 0.509 e. The Balaban J connectivity index is 2.82. The second-order valence-electron chi connectivity index (χ2n) is 2.79. The number of carbonyl (C=O) groups excluding carboxylic acids is 1. The Labute approximate surface area is 62.9 Å². The summed E-state index contributed by atoms with van der Waals surface area (Å²) in [5, 5.41) is 8.51. The third kappa shape index (κ3) is 1.26. The largest absolute Gasteiger partial charge is 0.509 e. The van der Waals surface area contributed by atoms with Gasteiger partial charge in [0.05, 0.1) is 0 Å². The molecule has 1 fully saturated rings. The number of carboxylic acids is 1. The van der Waals surface area contributed by atoms with E-state index in [0.717, 1.165) is 0 Å². The van der Waals surface area contributed by atoms with Gasteiger partial charge in [0.2, 0.25) is 6.10 Å². The summed E-state index contributed by atoms with van der Waals surface area (Å²) in [5.41, 5.74) is -1.07. The van der Waals surface area contributed by atoms with Crippen LogP contribution in [0.4, 0.5) is 4.79 Å². The van der Waals surface area contributed by atoms with E-state index in [-0.39, 0.29) is 0 Å². The van der Waals surface area contributed by atoms with Gasteiger partial charge in [0.25, 0.3) is 0 Å². The molecule has 1 rings (SSSR count). The summed E-state index contributed by atoms with van der Waals surface area (Å²) >= 11 is 0. The lowest BCUT2D eigenvalue weighted by molar-refractivity contribution is -0.148. The molecule has 1 unspecified atom stereocenters. The summed E-state index contributed by atoms with van der Waals surface area (Å²) < 4.78 is 8.96. The van der Waals surface area contributed by atoms with Crippen molar-refractivity contribution in [3.8, 4) is 0 Å². The molecule has 1 atom stereocenters. The first kappa shape index (κ1) is 7.84. The Morgan fingerprint density at radius 3 is 2.36 bits per heavy atom. The van der Waals surface area contributed by atoms with Crippen molar-refractivity contribution in [1.82, 2.24) is 0 Å². The van der Waals surface area contributed by atoms with E-state index < -0.39 is 23.8 Å².